The van der Waals surface area contributed by atoms with Gasteiger partial charge in [-0.1, -0.05) is 49.9 Å². The lowest BCUT2D eigenvalue weighted by atomic mass is 9.89. The van der Waals surface area contributed by atoms with E-state index < -0.39 is 0 Å². The Bertz CT molecular complexity index is 1030. The predicted octanol–water partition coefficient (Wildman–Crippen LogP) is 6.17. The molecule has 1 fully saturated rings. The topological polar surface area (TPSA) is 49.9 Å². The van der Waals surface area contributed by atoms with Crippen LogP contribution in [0.5, 0.6) is 5.75 Å². The van der Waals surface area contributed by atoms with Crippen molar-refractivity contribution in [2.24, 2.45) is 0 Å². The minimum absolute atomic E-state index is 0.00202. The maximum Gasteiger partial charge on any atom is 0.257 e. The molecular formula is C30H40N2O3. The number of aryl methyl sites for hydroxylation is 1. The number of benzene rings is 2. The van der Waals surface area contributed by atoms with Crippen LogP contribution in [-0.4, -0.2) is 53.9 Å². The summed E-state index contributed by atoms with van der Waals surface area (Å²) in [5, 5.41) is 0. The summed E-state index contributed by atoms with van der Waals surface area (Å²) in [4.78, 5) is 31.1. The van der Waals surface area contributed by atoms with Gasteiger partial charge in [0.15, 0.2) is 0 Å². The second-order valence-electron chi connectivity index (χ2n) is 10.2. The molecule has 1 aliphatic carbocycles. The summed E-state index contributed by atoms with van der Waals surface area (Å²) in [5.74, 6) is 0.751. The maximum absolute atomic E-state index is 14.0. The Balaban J connectivity index is 1.69. The zero-order valence-electron chi connectivity index (χ0n) is 21.6. The van der Waals surface area contributed by atoms with E-state index in [0.717, 1.165) is 87.6 Å². The van der Waals surface area contributed by atoms with E-state index in [-0.39, 0.29) is 24.0 Å². The van der Waals surface area contributed by atoms with Gasteiger partial charge in [-0.2, -0.15) is 0 Å². The first-order valence-corrected chi connectivity index (χ1v) is 13.4. The number of rotatable bonds is 1. The third-order valence-electron chi connectivity index (χ3n) is 7.80. The molecule has 1 saturated carbocycles. The Morgan fingerprint density at radius 1 is 0.857 bits per heavy atom. The SMILES string of the molecule is Cc1cccc(C(=O)N2CCCCCCCN(C)C(=O)c3ccccc3O[C@H]3CCCC[C@H]32)c1C. The summed E-state index contributed by atoms with van der Waals surface area (Å²) < 4.78 is 6.62. The molecule has 1 aliphatic heterocycles. The number of fused-ring (bicyclic) bond motifs is 2. The fourth-order valence-electron chi connectivity index (χ4n) is 5.50. The lowest BCUT2D eigenvalue weighted by molar-refractivity contribution is 0.0270. The summed E-state index contributed by atoms with van der Waals surface area (Å²) in [6.07, 6.45) is 9.13. The van der Waals surface area contributed by atoms with Crippen LogP contribution in [0.3, 0.4) is 0 Å². The summed E-state index contributed by atoms with van der Waals surface area (Å²) in [6.45, 7) is 5.60. The van der Waals surface area contributed by atoms with Crippen molar-refractivity contribution in [3.8, 4) is 5.75 Å². The van der Waals surface area contributed by atoms with Gasteiger partial charge in [0.25, 0.3) is 11.8 Å². The van der Waals surface area contributed by atoms with Crippen LogP contribution in [-0.2, 0) is 0 Å². The van der Waals surface area contributed by atoms with Gasteiger partial charge in [-0.25, -0.2) is 0 Å². The van der Waals surface area contributed by atoms with Gasteiger partial charge < -0.3 is 14.5 Å². The largest absolute Gasteiger partial charge is 0.487 e. The van der Waals surface area contributed by atoms with Crippen molar-refractivity contribution in [1.29, 1.82) is 0 Å². The van der Waals surface area contributed by atoms with Gasteiger partial charge in [0.1, 0.15) is 11.9 Å². The highest BCUT2D eigenvalue weighted by Crippen LogP contribution is 2.31. The number of nitrogens with zero attached hydrogens (tertiary/aromatic N) is 2. The van der Waals surface area contributed by atoms with Crippen LogP contribution < -0.4 is 4.74 Å². The molecule has 5 nitrogen and oxygen atoms in total. The zero-order valence-corrected chi connectivity index (χ0v) is 21.6. The standard InChI is InChI=1S/C30H40N2O3/c1-22-14-13-16-24(23(22)2)30(34)32-21-12-6-4-5-11-20-31(3)29(33)25-15-7-9-18-27(25)35-28-19-10-8-17-26(28)32/h7,9,13-16,18,26,28H,4-6,8,10-12,17,19-21H2,1-3H3/t26-,28+/m1/s1. The fourth-order valence-corrected chi connectivity index (χ4v) is 5.50. The molecule has 2 aromatic rings. The molecule has 0 unspecified atom stereocenters. The van der Waals surface area contributed by atoms with E-state index in [1.807, 2.05) is 55.3 Å². The van der Waals surface area contributed by atoms with Crippen LogP contribution in [0.25, 0.3) is 0 Å². The summed E-state index contributed by atoms with van der Waals surface area (Å²) in [6, 6.07) is 13.6. The first kappa shape index (κ1) is 25.3. The smallest absolute Gasteiger partial charge is 0.257 e. The Labute approximate surface area is 210 Å². The van der Waals surface area contributed by atoms with Crippen molar-refractivity contribution in [3.63, 3.8) is 0 Å². The molecule has 0 saturated heterocycles. The minimum Gasteiger partial charge on any atom is -0.487 e. The summed E-state index contributed by atoms with van der Waals surface area (Å²) >= 11 is 0. The van der Waals surface area contributed by atoms with Crippen LogP contribution in [0, 0.1) is 13.8 Å². The average Bonchev–Trinajstić information content (AvgIpc) is 2.87. The van der Waals surface area contributed by atoms with E-state index in [4.69, 9.17) is 4.74 Å². The Kier molecular flexibility index (Phi) is 8.48. The molecule has 188 valence electrons. The second-order valence-corrected chi connectivity index (χ2v) is 10.2. The number of para-hydroxylation sites is 1. The van der Waals surface area contributed by atoms with Crippen LogP contribution >= 0.6 is 0 Å². The molecule has 5 heteroatoms. The molecule has 2 aliphatic rings. The first-order valence-electron chi connectivity index (χ1n) is 13.4. The molecule has 2 aromatic carbocycles. The van der Waals surface area contributed by atoms with Gasteiger partial charge >= 0.3 is 0 Å². The van der Waals surface area contributed by atoms with E-state index in [0.29, 0.717) is 11.3 Å². The van der Waals surface area contributed by atoms with Crippen molar-refractivity contribution in [3.05, 3.63) is 64.7 Å². The van der Waals surface area contributed by atoms with Gasteiger partial charge in [-0.15, -0.1) is 0 Å². The Morgan fingerprint density at radius 3 is 2.40 bits per heavy atom. The second kappa shape index (κ2) is 11.7. The molecule has 0 N–H and O–H groups in total. The maximum atomic E-state index is 14.0. The third-order valence-corrected chi connectivity index (χ3v) is 7.80. The van der Waals surface area contributed by atoms with Crippen LogP contribution in [0.4, 0.5) is 0 Å². The van der Waals surface area contributed by atoms with Gasteiger partial charge in [0.05, 0.1) is 11.6 Å². The lowest BCUT2D eigenvalue weighted by Crippen LogP contribution is -2.51. The van der Waals surface area contributed by atoms with Crippen LogP contribution in [0.15, 0.2) is 42.5 Å². The van der Waals surface area contributed by atoms with Crippen LogP contribution in [0.2, 0.25) is 0 Å². The normalized spacial score (nSPS) is 22.3. The summed E-state index contributed by atoms with van der Waals surface area (Å²) in [5.41, 5.74) is 3.61. The van der Waals surface area contributed by atoms with Crippen LogP contribution in [0.1, 0.15) is 89.6 Å². The van der Waals surface area contributed by atoms with Gasteiger partial charge in [-0.05, 0) is 75.3 Å². The molecule has 1 heterocycles. The molecule has 4 rings (SSSR count). The molecular weight excluding hydrogens is 436 g/mol. The molecule has 0 radical (unpaired) electrons. The zero-order chi connectivity index (χ0) is 24.8. The Hall–Kier alpha value is -2.82. The van der Waals surface area contributed by atoms with E-state index in [9.17, 15) is 9.59 Å². The number of ether oxygens (including phenoxy) is 1. The number of hydrogen-bond donors (Lipinski definition) is 0. The van der Waals surface area contributed by atoms with Crippen molar-refractivity contribution in [2.75, 3.05) is 20.1 Å². The highest BCUT2D eigenvalue weighted by molar-refractivity contribution is 5.97. The first-order chi connectivity index (χ1) is 17.0. The number of carbonyl (C=O) groups excluding carboxylic acids is 2. The van der Waals surface area contributed by atoms with Crippen molar-refractivity contribution in [2.45, 2.75) is 83.8 Å². The highest BCUT2D eigenvalue weighted by atomic mass is 16.5. The van der Waals surface area contributed by atoms with E-state index in [1.165, 1.54) is 0 Å². The molecule has 0 spiro atoms. The quantitative estimate of drug-likeness (QED) is 0.494. The van der Waals surface area contributed by atoms with Gasteiger partial charge in [-0.3, -0.25) is 9.59 Å². The van der Waals surface area contributed by atoms with E-state index >= 15 is 0 Å². The number of carbonyl (C=O) groups is 2. The predicted molar refractivity (Wildman–Crippen MR) is 140 cm³/mol. The molecule has 35 heavy (non-hydrogen) atoms. The van der Waals surface area contributed by atoms with Crippen molar-refractivity contribution >= 4 is 11.8 Å². The lowest BCUT2D eigenvalue weighted by Gasteiger charge is -2.40. The monoisotopic (exact) mass is 476 g/mol. The molecule has 0 bridgehead atoms. The van der Waals surface area contributed by atoms with E-state index in [2.05, 4.69) is 17.9 Å². The third kappa shape index (κ3) is 5.88. The van der Waals surface area contributed by atoms with E-state index in [1.54, 1.807) is 0 Å². The Morgan fingerprint density at radius 2 is 1.57 bits per heavy atom. The minimum atomic E-state index is -0.123. The molecule has 0 aromatic heterocycles. The van der Waals surface area contributed by atoms with Gasteiger partial charge in [0.2, 0.25) is 0 Å². The molecule has 2 atom stereocenters. The number of hydrogen-bond acceptors (Lipinski definition) is 3. The molecule has 2 amide bonds. The van der Waals surface area contributed by atoms with Gasteiger partial charge in [0, 0.05) is 25.7 Å². The summed E-state index contributed by atoms with van der Waals surface area (Å²) in [7, 11) is 1.88. The van der Waals surface area contributed by atoms with Crippen molar-refractivity contribution < 1.29 is 14.3 Å². The number of amides is 2. The fraction of sp³-hybridized carbons (Fsp3) is 0.533. The average molecular weight is 477 g/mol. The highest BCUT2D eigenvalue weighted by Gasteiger charge is 2.36. The van der Waals surface area contributed by atoms with Crippen molar-refractivity contribution in [1.82, 2.24) is 9.80 Å².